The van der Waals surface area contributed by atoms with Crippen LogP contribution in [0.15, 0.2) is 79.9 Å². The standard InChI is InChI=1S/C28H27N9O3S/c1-19-11-21(3-6-25(19)40-27-13-26-35-33-18-37(26)17-32-27)34-28-23-12-22(4-5-24(23)30-16-31-28)36-9-7-20(15-36)14-29-8-10-41(2,38)39/h3-7,9,11-13,15-18,29H,8,10,14H2,1-2H3,(H,30,31,34). The van der Waals surface area contributed by atoms with Gasteiger partial charge in [0.1, 0.15) is 40.4 Å². The predicted octanol–water partition coefficient (Wildman–Crippen LogP) is 3.84. The zero-order valence-corrected chi connectivity index (χ0v) is 23.2. The molecule has 2 N–H and O–H groups in total. The average Bonchev–Trinajstić information content (AvgIpc) is 3.62. The molecular formula is C28H27N9O3S. The van der Waals surface area contributed by atoms with Crippen molar-refractivity contribution in [1.29, 1.82) is 0 Å². The van der Waals surface area contributed by atoms with Crippen LogP contribution >= 0.6 is 0 Å². The third-order valence-electron chi connectivity index (χ3n) is 6.46. The Bertz CT molecular complexity index is 1970. The molecule has 4 heterocycles. The maximum Gasteiger partial charge on any atom is 0.224 e. The number of fused-ring (bicyclic) bond motifs is 2. The molecular weight excluding hydrogens is 542 g/mol. The van der Waals surface area contributed by atoms with Gasteiger partial charge in [0.2, 0.25) is 5.88 Å². The van der Waals surface area contributed by atoms with Gasteiger partial charge >= 0.3 is 0 Å². The summed E-state index contributed by atoms with van der Waals surface area (Å²) in [6.45, 7) is 2.96. The van der Waals surface area contributed by atoms with Crippen molar-refractivity contribution in [3.8, 4) is 17.3 Å². The van der Waals surface area contributed by atoms with Crippen LogP contribution in [0.4, 0.5) is 11.5 Å². The first-order valence-corrected chi connectivity index (χ1v) is 14.9. The molecule has 0 bridgehead atoms. The Kier molecular flexibility index (Phi) is 7.03. The van der Waals surface area contributed by atoms with E-state index in [-0.39, 0.29) is 5.75 Å². The molecule has 0 saturated heterocycles. The number of hydrogen-bond donors (Lipinski definition) is 2. The molecule has 12 nitrogen and oxygen atoms in total. The number of hydrogen-bond acceptors (Lipinski definition) is 10. The Labute approximate surface area is 236 Å². The summed E-state index contributed by atoms with van der Waals surface area (Å²) in [6.07, 6.45) is 9.96. The zero-order chi connectivity index (χ0) is 28.4. The van der Waals surface area contributed by atoms with Gasteiger partial charge in [0, 0.05) is 54.6 Å². The quantitative estimate of drug-likeness (QED) is 0.234. The van der Waals surface area contributed by atoms with Crippen LogP contribution in [0.25, 0.3) is 22.2 Å². The molecule has 0 amide bonds. The lowest BCUT2D eigenvalue weighted by molar-refractivity contribution is 0.458. The molecule has 0 spiro atoms. The lowest BCUT2D eigenvalue weighted by atomic mass is 10.1. The van der Waals surface area contributed by atoms with Gasteiger partial charge in [-0.3, -0.25) is 4.40 Å². The first-order valence-electron chi connectivity index (χ1n) is 12.8. The molecule has 0 unspecified atom stereocenters. The Morgan fingerprint density at radius 3 is 2.76 bits per heavy atom. The van der Waals surface area contributed by atoms with Crippen molar-refractivity contribution in [2.75, 3.05) is 23.9 Å². The fraction of sp³-hybridized carbons (Fsp3) is 0.179. The lowest BCUT2D eigenvalue weighted by Crippen LogP contribution is -2.21. The van der Waals surface area contributed by atoms with Gasteiger partial charge in [0.05, 0.1) is 11.3 Å². The second kappa shape index (κ2) is 10.9. The summed E-state index contributed by atoms with van der Waals surface area (Å²) < 4.78 is 32.4. The summed E-state index contributed by atoms with van der Waals surface area (Å²) in [5.41, 5.74) is 5.24. The summed E-state index contributed by atoms with van der Waals surface area (Å²) in [6, 6.07) is 15.5. The molecule has 0 aliphatic rings. The van der Waals surface area contributed by atoms with Crippen molar-refractivity contribution in [1.82, 2.24) is 39.4 Å². The highest BCUT2D eigenvalue weighted by Crippen LogP contribution is 2.30. The normalized spacial score (nSPS) is 11.8. The Morgan fingerprint density at radius 1 is 1.00 bits per heavy atom. The van der Waals surface area contributed by atoms with E-state index in [1.807, 2.05) is 66.3 Å². The van der Waals surface area contributed by atoms with Crippen LogP contribution in [-0.4, -0.2) is 61.1 Å². The Morgan fingerprint density at radius 2 is 1.90 bits per heavy atom. The van der Waals surface area contributed by atoms with Gasteiger partial charge in [-0.15, -0.1) is 10.2 Å². The summed E-state index contributed by atoms with van der Waals surface area (Å²) in [4.78, 5) is 13.2. The molecule has 6 aromatic rings. The molecule has 6 rings (SSSR count). The summed E-state index contributed by atoms with van der Waals surface area (Å²) in [5.74, 6) is 1.90. The molecule has 41 heavy (non-hydrogen) atoms. The van der Waals surface area contributed by atoms with E-state index in [0.717, 1.165) is 33.4 Å². The van der Waals surface area contributed by atoms with Crippen LogP contribution in [0, 0.1) is 6.92 Å². The largest absolute Gasteiger partial charge is 0.439 e. The number of aryl methyl sites for hydroxylation is 1. The molecule has 208 valence electrons. The molecule has 0 radical (unpaired) electrons. The second-order valence-corrected chi connectivity index (χ2v) is 11.9. The van der Waals surface area contributed by atoms with Crippen molar-refractivity contribution in [3.63, 3.8) is 0 Å². The summed E-state index contributed by atoms with van der Waals surface area (Å²) in [7, 11) is -2.99. The number of aromatic nitrogens is 7. The molecule has 13 heteroatoms. The highest BCUT2D eigenvalue weighted by Gasteiger charge is 2.10. The SMILES string of the molecule is Cc1cc(Nc2ncnc3ccc(-n4ccc(CNCCS(C)(=O)=O)c4)cc23)ccc1Oc1cc2nncn2cn1. The Balaban J connectivity index is 1.18. The highest BCUT2D eigenvalue weighted by molar-refractivity contribution is 7.90. The van der Waals surface area contributed by atoms with Crippen molar-refractivity contribution in [2.45, 2.75) is 13.5 Å². The smallest absolute Gasteiger partial charge is 0.224 e. The number of nitrogens with one attached hydrogen (secondary N) is 2. The van der Waals surface area contributed by atoms with Crippen molar-refractivity contribution < 1.29 is 13.2 Å². The minimum absolute atomic E-state index is 0.112. The van der Waals surface area contributed by atoms with Crippen molar-refractivity contribution >= 4 is 37.9 Å². The maximum atomic E-state index is 11.3. The van der Waals surface area contributed by atoms with E-state index < -0.39 is 9.84 Å². The van der Waals surface area contributed by atoms with Gasteiger partial charge in [0.15, 0.2) is 5.65 Å². The summed E-state index contributed by atoms with van der Waals surface area (Å²) in [5, 5.41) is 15.4. The third kappa shape index (κ3) is 6.15. The van der Waals surface area contributed by atoms with E-state index >= 15 is 0 Å². The fourth-order valence-corrected chi connectivity index (χ4v) is 4.87. The van der Waals surface area contributed by atoms with E-state index in [4.69, 9.17) is 4.74 Å². The lowest BCUT2D eigenvalue weighted by Gasteiger charge is -2.13. The summed E-state index contributed by atoms with van der Waals surface area (Å²) >= 11 is 0. The molecule has 4 aromatic heterocycles. The topological polar surface area (TPSA) is 141 Å². The van der Waals surface area contributed by atoms with Crippen molar-refractivity contribution in [2.24, 2.45) is 0 Å². The zero-order valence-electron chi connectivity index (χ0n) is 22.4. The van der Waals surface area contributed by atoms with Gasteiger partial charge in [-0.1, -0.05) is 0 Å². The van der Waals surface area contributed by atoms with Crippen LogP contribution in [0.1, 0.15) is 11.1 Å². The number of nitrogens with zero attached hydrogens (tertiary/aromatic N) is 7. The van der Waals surface area contributed by atoms with E-state index in [1.54, 1.807) is 23.1 Å². The first-order chi connectivity index (χ1) is 19.8. The van der Waals surface area contributed by atoms with Crippen molar-refractivity contribution in [3.05, 3.63) is 91.0 Å². The van der Waals surface area contributed by atoms with E-state index in [2.05, 4.69) is 35.8 Å². The molecule has 2 aromatic carbocycles. The predicted molar refractivity (Wildman–Crippen MR) is 156 cm³/mol. The molecule has 0 saturated carbocycles. The molecule has 0 fully saturated rings. The van der Waals surface area contributed by atoms with Crippen LogP contribution in [0.2, 0.25) is 0 Å². The minimum atomic E-state index is -2.99. The van der Waals surface area contributed by atoms with Crippen LogP contribution in [0.3, 0.4) is 0 Å². The monoisotopic (exact) mass is 569 g/mol. The number of benzene rings is 2. The maximum absolute atomic E-state index is 11.3. The second-order valence-electron chi connectivity index (χ2n) is 9.69. The van der Waals surface area contributed by atoms with Gasteiger partial charge in [0.25, 0.3) is 0 Å². The van der Waals surface area contributed by atoms with E-state index in [1.165, 1.54) is 12.6 Å². The molecule has 0 aliphatic carbocycles. The number of ether oxygens (including phenoxy) is 1. The van der Waals surface area contributed by atoms with Gasteiger partial charge < -0.3 is 19.9 Å². The Hall–Kier alpha value is -4.88. The van der Waals surface area contributed by atoms with Gasteiger partial charge in [-0.25, -0.2) is 23.4 Å². The van der Waals surface area contributed by atoms with Crippen LogP contribution < -0.4 is 15.4 Å². The number of rotatable bonds is 10. The fourth-order valence-electron chi connectivity index (χ4n) is 4.36. The van der Waals surface area contributed by atoms with E-state index in [0.29, 0.717) is 36.2 Å². The number of anilines is 2. The highest BCUT2D eigenvalue weighted by atomic mass is 32.2. The molecule has 0 atom stereocenters. The van der Waals surface area contributed by atoms with E-state index in [9.17, 15) is 8.42 Å². The molecule has 0 aliphatic heterocycles. The van der Waals surface area contributed by atoms with Crippen LogP contribution in [0.5, 0.6) is 11.6 Å². The first kappa shape index (κ1) is 26.3. The number of sulfone groups is 1. The minimum Gasteiger partial charge on any atom is -0.439 e. The third-order valence-corrected chi connectivity index (χ3v) is 7.41. The average molecular weight is 570 g/mol. The van der Waals surface area contributed by atoms with Crippen LogP contribution in [-0.2, 0) is 16.4 Å². The van der Waals surface area contributed by atoms with Gasteiger partial charge in [-0.05, 0) is 60.5 Å². The van der Waals surface area contributed by atoms with Gasteiger partial charge in [-0.2, -0.15) is 0 Å².